The van der Waals surface area contributed by atoms with Crippen LogP contribution in [0.3, 0.4) is 0 Å². The van der Waals surface area contributed by atoms with Crippen LogP contribution in [-0.2, 0) is 4.79 Å². The molecule has 0 aromatic heterocycles. The lowest BCUT2D eigenvalue weighted by atomic mass is 9.91. The van der Waals surface area contributed by atoms with Gasteiger partial charge in [0.15, 0.2) is 0 Å². The summed E-state index contributed by atoms with van der Waals surface area (Å²) in [4.78, 5) is 13.9. The molecule has 1 atom stereocenters. The van der Waals surface area contributed by atoms with Gasteiger partial charge in [0.05, 0.1) is 0 Å². The van der Waals surface area contributed by atoms with Crippen molar-refractivity contribution in [2.75, 3.05) is 19.6 Å². The summed E-state index contributed by atoms with van der Waals surface area (Å²) in [5.74, 6) is 0.738. The zero-order valence-electron chi connectivity index (χ0n) is 9.92. The van der Waals surface area contributed by atoms with Gasteiger partial charge < -0.3 is 10.6 Å². The fourth-order valence-electron chi connectivity index (χ4n) is 1.69. The van der Waals surface area contributed by atoms with Crippen LogP contribution in [0.2, 0.25) is 0 Å². The van der Waals surface area contributed by atoms with Gasteiger partial charge in [-0.1, -0.05) is 13.8 Å². The summed E-state index contributed by atoms with van der Waals surface area (Å²) in [7, 11) is 0. The van der Waals surface area contributed by atoms with E-state index >= 15 is 0 Å². The number of nitrogens with zero attached hydrogens (tertiary/aromatic N) is 1. The number of carbonyl (C=O) groups is 1. The third kappa shape index (κ3) is 3.66. The maximum atomic E-state index is 12.0. The largest absolute Gasteiger partial charge is 0.343 e. The summed E-state index contributed by atoms with van der Waals surface area (Å²) >= 11 is 0. The fraction of sp³-hybridized carbons (Fsp3) is 0.909. The van der Waals surface area contributed by atoms with Crippen LogP contribution in [0.5, 0.6) is 0 Å². The molecule has 0 aromatic rings. The molecule has 0 aliphatic rings. The molecule has 0 heterocycles. The molecular weight excluding hydrogens is 176 g/mol. The number of amides is 1. The third-order valence-electron chi connectivity index (χ3n) is 2.67. The minimum absolute atomic E-state index is 0.0971. The van der Waals surface area contributed by atoms with E-state index in [9.17, 15) is 4.79 Å². The van der Waals surface area contributed by atoms with Gasteiger partial charge in [-0.3, -0.25) is 4.79 Å². The Morgan fingerprint density at radius 2 is 1.79 bits per heavy atom. The van der Waals surface area contributed by atoms with Gasteiger partial charge in [0, 0.05) is 19.0 Å². The van der Waals surface area contributed by atoms with Crippen molar-refractivity contribution < 1.29 is 4.79 Å². The molecule has 0 spiro atoms. The van der Waals surface area contributed by atoms with Crippen LogP contribution in [0.4, 0.5) is 0 Å². The molecule has 14 heavy (non-hydrogen) atoms. The van der Waals surface area contributed by atoms with Gasteiger partial charge in [0.2, 0.25) is 5.91 Å². The predicted octanol–water partition coefficient (Wildman–Crippen LogP) is 1.48. The van der Waals surface area contributed by atoms with E-state index in [1.807, 2.05) is 18.7 Å². The lowest BCUT2D eigenvalue weighted by Crippen LogP contribution is -2.38. The average Bonchev–Trinajstić information content (AvgIpc) is 2.15. The second-order valence-corrected chi connectivity index (χ2v) is 3.94. The van der Waals surface area contributed by atoms with Gasteiger partial charge in [-0.15, -0.1) is 0 Å². The van der Waals surface area contributed by atoms with Crippen LogP contribution in [0.25, 0.3) is 0 Å². The topological polar surface area (TPSA) is 46.3 Å². The van der Waals surface area contributed by atoms with Gasteiger partial charge in [0.1, 0.15) is 0 Å². The summed E-state index contributed by atoms with van der Waals surface area (Å²) in [5.41, 5.74) is 5.52. The molecule has 1 amide bonds. The van der Waals surface area contributed by atoms with E-state index in [1.165, 1.54) is 0 Å². The minimum atomic E-state index is 0.0971. The number of nitrogens with two attached hydrogens (primary N) is 1. The average molecular weight is 200 g/mol. The van der Waals surface area contributed by atoms with E-state index < -0.39 is 0 Å². The quantitative estimate of drug-likeness (QED) is 0.706. The van der Waals surface area contributed by atoms with E-state index in [0.29, 0.717) is 12.5 Å². The molecule has 0 aromatic carbocycles. The molecule has 0 rings (SSSR count). The highest BCUT2D eigenvalue weighted by Gasteiger charge is 2.24. The van der Waals surface area contributed by atoms with E-state index in [0.717, 1.165) is 19.5 Å². The predicted molar refractivity (Wildman–Crippen MR) is 59.9 cm³/mol. The first-order valence-electron chi connectivity index (χ1n) is 5.57. The van der Waals surface area contributed by atoms with Crippen LogP contribution >= 0.6 is 0 Å². The zero-order chi connectivity index (χ0) is 11.1. The van der Waals surface area contributed by atoms with Crippen molar-refractivity contribution in [2.45, 2.75) is 34.1 Å². The first-order chi connectivity index (χ1) is 6.58. The van der Waals surface area contributed by atoms with Crippen molar-refractivity contribution in [2.24, 2.45) is 17.6 Å². The van der Waals surface area contributed by atoms with Crippen LogP contribution in [0.1, 0.15) is 34.1 Å². The Bertz CT molecular complexity index is 165. The Labute approximate surface area is 87.6 Å². The highest BCUT2D eigenvalue weighted by atomic mass is 16.2. The Balaban J connectivity index is 4.40. The summed E-state index contributed by atoms with van der Waals surface area (Å²) in [6.45, 7) is 10.4. The smallest absolute Gasteiger partial charge is 0.225 e. The minimum Gasteiger partial charge on any atom is -0.343 e. The highest BCUT2D eigenvalue weighted by Crippen LogP contribution is 2.17. The molecule has 1 unspecified atom stereocenters. The van der Waals surface area contributed by atoms with E-state index in [1.54, 1.807) is 0 Å². The molecule has 0 saturated heterocycles. The molecule has 0 aliphatic heterocycles. The van der Waals surface area contributed by atoms with Crippen LogP contribution in [-0.4, -0.2) is 30.4 Å². The van der Waals surface area contributed by atoms with E-state index in [-0.39, 0.29) is 11.8 Å². The van der Waals surface area contributed by atoms with Gasteiger partial charge in [0.25, 0.3) is 0 Å². The van der Waals surface area contributed by atoms with E-state index in [4.69, 9.17) is 5.73 Å². The Kier molecular flexibility index (Phi) is 6.54. The third-order valence-corrected chi connectivity index (χ3v) is 2.67. The number of rotatable bonds is 6. The van der Waals surface area contributed by atoms with Crippen molar-refractivity contribution >= 4 is 5.91 Å². The summed E-state index contributed by atoms with van der Waals surface area (Å²) in [5, 5.41) is 0. The van der Waals surface area contributed by atoms with Crippen molar-refractivity contribution in [3.05, 3.63) is 0 Å². The van der Waals surface area contributed by atoms with E-state index in [2.05, 4.69) is 13.8 Å². The second kappa shape index (κ2) is 6.82. The number of hydrogen-bond donors (Lipinski definition) is 1. The summed E-state index contributed by atoms with van der Waals surface area (Å²) in [6, 6.07) is 0. The number of hydrogen-bond acceptors (Lipinski definition) is 2. The maximum absolute atomic E-state index is 12.0. The van der Waals surface area contributed by atoms with Gasteiger partial charge >= 0.3 is 0 Å². The fourth-order valence-corrected chi connectivity index (χ4v) is 1.69. The van der Waals surface area contributed by atoms with Crippen LogP contribution in [0, 0.1) is 11.8 Å². The first kappa shape index (κ1) is 13.4. The zero-order valence-corrected chi connectivity index (χ0v) is 9.92. The standard InChI is InChI=1S/C11H24N2O/c1-5-13(6-2)11(14)10(7-8-12)9(3)4/h9-10H,5-8,12H2,1-4H3. The normalized spacial score (nSPS) is 13.0. The molecule has 0 saturated carbocycles. The molecule has 0 aliphatic carbocycles. The van der Waals surface area contributed by atoms with Crippen molar-refractivity contribution in [3.8, 4) is 0 Å². The first-order valence-corrected chi connectivity index (χ1v) is 5.57. The lowest BCUT2D eigenvalue weighted by molar-refractivity contribution is -0.136. The molecule has 3 nitrogen and oxygen atoms in total. The van der Waals surface area contributed by atoms with Crippen molar-refractivity contribution in [3.63, 3.8) is 0 Å². The van der Waals surface area contributed by atoms with Gasteiger partial charge in [-0.05, 0) is 32.7 Å². The lowest BCUT2D eigenvalue weighted by Gasteiger charge is -2.27. The van der Waals surface area contributed by atoms with Crippen LogP contribution in [0.15, 0.2) is 0 Å². The highest BCUT2D eigenvalue weighted by molar-refractivity contribution is 5.79. The molecular formula is C11H24N2O. The van der Waals surface area contributed by atoms with Crippen molar-refractivity contribution in [1.29, 1.82) is 0 Å². The summed E-state index contributed by atoms with van der Waals surface area (Å²) in [6.07, 6.45) is 0.799. The van der Waals surface area contributed by atoms with Crippen LogP contribution < -0.4 is 5.73 Å². The Morgan fingerprint density at radius 1 is 1.29 bits per heavy atom. The monoisotopic (exact) mass is 200 g/mol. The SMILES string of the molecule is CCN(CC)C(=O)C(CCN)C(C)C. The molecule has 0 bridgehead atoms. The molecule has 84 valence electrons. The van der Waals surface area contributed by atoms with Crippen molar-refractivity contribution in [1.82, 2.24) is 4.90 Å². The Morgan fingerprint density at radius 3 is 2.07 bits per heavy atom. The maximum Gasteiger partial charge on any atom is 0.225 e. The second-order valence-electron chi connectivity index (χ2n) is 3.94. The van der Waals surface area contributed by atoms with Gasteiger partial charge in [-0.25, -0.2) is 0 Å². The molecule has 0 fully saturated rings. The Hall–Kier alpha value is -0.570. The molecule has 0 radical (unpaired) electrons. The van der Waals surface area contributed by atoms with Gasteiger partial charge in [-0.2, -0.15) is 0 Å². The molecule has 3 heteroatoms. The number of carbonyl (C=O) groups excluding carboxylic acids is 1. The molecule has 2 N–H and O–H groups in total. The summed E-state index contributed by atoms with van der Waals surface area (Å²) < 4.78 is 0.